The lowest BCUT2D eigenvalue weighted by Gasteiger charge is -2.17. The number of benzene rings is 2. The number of para-hydroxylation sites is 1. The van der Waals surface area contributed by atoms with Gasteiger partial charge < -0.3 is 31.3 Å². The molecule has 1 saturated heterocycles. The molecule has 0 radical (unpaired) electrons. The quantitative estimate of drug-likeness (QED) is 0.283. The molecule has 0 spiro atoms. The lowest BCUT2D eigenvalue weighted by molar-refractivity contribution is 0.0944. The van der Waals surface area contributed by atoms with Crippen molar-refractivity contribution in [1.82, 2.24) is 15.5 Å². The third-order valence-electron chi connectivity index (χ3n) is 5.95. The molecule has 1 aliphatic rings. The fourth-order valence-corrected chi connectivity index (χ4v) is 4.23. The van der Waals surface area contributed by atoms with Crippen LogP contribution in [-0.2, 0) is 0 Å². The van der Waals surface area contributed by atoms with Crippen LogP contribution < -0.4 is 26.4 Å². The number of rotatable bonds is 11. The van der Waals surface area contributed by atoms with Crippen LogP contribution in [0.5, 0.6) is 5.75 Å². The molecule has 0 bridgehead atoms. The lowest BCUT2D eigenvalue weighted by atomic mass is 10.1. The van der Waals surface area contributed by atoms with Crippen LogP contribution in [0, 0.1) is 5.92 Å². The Balaban J connectivity index is 1.27. The van der Waals surface area contributed by atoms with Gasteiger partial charge in [-0.1, -0.05) is 36.2 Å². The van der Waals surface area contributed by atoms with Crippen molar-refractivity contribution in [1.29, 1.82) is 0 Å². The third-order valence-corrected chi connectivity index (χ3v) is 6.28. The van der Waals surface area contributed by atoms with Crippen LogP contribution in [0.2, 0.25) is 5.02 Å². The molecule has 0 aromatic heterocycles. The van der Waals surface area contributed by atoms with Crippen molar-refractivity contribution in [2.24, 2.45) is 5.92 Å². The number of hydrogen-bond donors (Lipinski definition) is 4. The average molecular weight is 488 g/mol. The van der Waals surface area contributed by atoms with Crippen LogP contribution in [-0.4, -0.2) is 56.7 Å². The van der Waals surface area contributed by atoms with E-state index in [1.165, 1.54) is 7.11 Å². The molecule has 0 saturated carbocycles. The number of ether oxygens (including phenoxy) is 1. The summed E-state index contributed by atoms with van der Waals surface area (Å²) in [7, 11) is 1.50. The van der Waals surface area contributed by atoms with E-state index in [0.717, 1.165) is 51.0 Å². The first kappa shape index (κ1) is 25.6. The van der Waals surface area contributed by atoms with Gasteiger partial charge in [0.25, 0.3) is 5.91 Å². The minimum Gasteiger partial charge on any atom is -0.496 e. The van der Waals surface area contributed by atoms with Gasteiger partial charge in [0.2, 0.25) is 0 Å². The largest absolute Gasteiger partial charge is 0.496 e. The molecule has 3 rings (SSSR count). The van der Waals surface area contributed by atoms with Crippen molar-refractivity contribution in [3.8, 4) is 5.75 Å². The number of nitrogens with two attached hydrogens (primary N) is 1. The minimum absolute atomic E-state index is 0.172. The van der Waals surface area contributed by atoms with Gasteiger partial charge in [-0.3, -0.25) is 4.79 Å². The van der Waals surface area contributed by atoms with Crippen molar-refractivity contribution < 1.29 is 14.3 Å². The summed E-state index contributed by atoms with van der Waals surface area (Å²) in [6.07, 6.45) is 4.14. The van der Waals surface area contributed by atoms with E-state index in [0.29, 0.717) is 41.0 Å². The Bertz CT molecular complexity index is 957. The van der Waals surface area contributed by atoms with Crippen molar-refractivity contribution >= 4 is 34.9 Å². The summed E-state index contributed by atoms with van der Waals surface area (Å²) in [4.78, 5) is 26.9. The molecule has 1 aliphatic heterocycles. The molecule has 1 heterocycles. The number of amides is 3. The van der Waals surface area contributed by atoms with Crippen LogP contribution in [0.3, 0.4) is 0 Å². The monoisotopic (exact) mass is 487 g/mol. The van der Waals surface area contributed by atoms with Crippen molar-refractivity contribution in [2.45, 2.75) is 25.7 Å². The lowest BCUT2D eigenvalue weighted by Crippen LogP contribution is -2.31. The van der Waals surface area contributed by atoms with Gasteiger partial charge in [0.1, 0.15) is 5.75 Å². The molecule has 3 amide bonds. The first-order chi connectivity index (χ1) is 16.5. The van der Waals surface area contributed by atoms with Crippen LogP contribution >= 0.6 is 11.6 Å². The molecular weight excluding hydrogens is 454 g/mol. The highest BCUT2D eigenvalue weighted by Crippen LogP contribution is 2.29. The predicted octanol–water partition coefficient (Wildman–Crippen LogP) is 3.97. The highest BCUT2D eigenvalue weighted by molar-refractivity contribution is 6.33. The summed E-state index contributed by atoms with van der Waals surface area (Å²) < 4.78 is 5.27. The van der Waals surface area contributed by atoms with Gasteiger partial charge in [0.15, 0.2) is 0 Å². The average Bonchev–Trinajstić information content (AvgIpc) is 3.29. The Morgan fingerprint density at radius 3 is 2.71 bits per heavy atom. The maximum atomic E-state index is 12.6. The Morgan fingerprint density at radius 1 is 1.15 bits per heavy atom. The summed E-state index contributed by atoms with van der Waals surface area (Å²) in [5, 5.41) is 9.05. The van der Waals surface area contributed by atoms with E-state index in [-0.39, 0.29) is 11.9 Å². The molecular formula is C25H34ClN5O3. The van der Waals surface area contributed by atoms with Crippen molar-refractivity contribution in [3.05, 3.63) is 53.1 Å². The molecule has 184 valence electrons. The first-order valence-electron chi connectivity index (χ1n) is 11.7. The van der Waals surface area contributed by atoms with E-state index in [4.69, 9.17) is 22.1 Å². The van der Waals surface area contributed by atoms with E-state index >= 15 is 0 Å². The molecule has 2 aromatic rings. The molecule has 2 aromatic carbocycles. The summed E-state index contributed by atoms with van der Waals surface area (Å²) >= 11 is 6.07. The number of carbonyl (C=O) groups is 2. The summed E-state index contributed by atoms with van der Waals surface area (Å²) in [6.45, 7) is 4.31. The molecule has 1 fully saturated rings. The van der Waals surface area contributed by atoms with Crippen LogP contribution in [0.15, 0.2) is 42.5 Å². The van der Waals surface area contributed by atoms with E-state index in [9.17, 15) is 9.59 Å². The second-order valence-corrected chi connectivity index (χ2v) is 8.95. The first-order valence-corrected chi connectivity index (χ1v) is 12.1. The normalized spacial score (nSPS) is 15.6. The standard InChI is InChI=1S/C25H34ClN5O3/c1-34-23-15-22(27)21(26)14-20(23)24(32)29-16-18-10-13-31(17-18)12-7-3-6-11-28-25(33)30-19-8-4-2-5-9-19/h2,4-5,8-9,14-15,18H,3,6-7,10-13,16-17,27H2,1H3,(H,29,32)(H2,28,30,33)/t18-/m0/s1. The summed E-state index contributed by atoms with van der Waals surface area (Å²) in [5.41, 5.74) is 7.35. The third kappa shape index (κ3) is 7.81. The second-order valence-electron chi connectivity index (χ2n) is 8.55. The number of halogens is 1. The van der Waals surface area contributed by atoms with E-state index in [1.54, 1.807) is 12.1 Å². The number of nitrogens with one attached hydrogen (secondary N) is 3. The van der Waals surface area contributed by atoms with Crippen LogP contribution in [0.4, 0.5) is 16.2 Å². The zero-order chi connectivity index (χ0) is 24.3. The Morgan fingerprint density at radius 2 is 1.94 bits per heavy atom. The topological polar surface area (TPSA) is 109 Å². The van der Waals surface area contributed by atoms with E-state index < -0.39 is 0 Å². The Kier molecular flexibility index (Phi) is 9.85. The molecule has 0 aliphatic carbocycles. The van der Waals surface area contributed by atoms with Crippen LogP contribution in [0.25, 0.3) is 0 Å². The van der Waals surface area contributed by atoms with Gasteiger partial charge in [-0.2, -0.15) is 0 Å². The number of carbonyl (C=O) groups excluding carboxylic acids is 2. The van der Waals surface area contributed by atoms with Crippen molar-refractivity contribution in [2.75, 3.05) is 50.9 Å². The van der Waals surface area contributed by atoms with Gasteiger partial charge in [-0.25, -0.2) is 4.79 Å². The van der Waals surface area contributed by atoms with E-state index in [2.05, 4.69) is 20.9 Å². The number of unbranched alkanes of at least 4 members (excludes halogenated alkanes) is 2. The highest BCUT2D eigenvalue weighted by atomic mass is 35.5. The molecule has 5 N–H and O–H groups in total. The summed E-state index contributed by atoms with van der Waals surface area (Å²) in [6, 6.07) is 12.4. The molecule has 9 heteroatoms. The van der Waals surface area contributed by atoms with Gasteiger partial charge in [0, 0.05) is 31.4 Å². The molecule has 1 atom stereocenters. The van der Waals surface area contributed by atoms with Crippen LogP contribution in [0.1, 0.15) is 36.0 Å². The predicted molar refractivity (Wildman–Crippen MR) is 137 cm³/mol. The number of hydrogen-bond acceptors (Lipinski definition) is 5. The zero-order valence-corrected chi connectivity index (χ0v) is 20.4. The van der Waals surface area contributed by atoms with Gasteiger partial charge in [-0.05, 0) is 56.5 Å². The maximum absolute atomic E-state index is 12.6. The number of likely N-dealkylation sites (tertiary alicyclic amines) is 1. The van der Waals surface area contributed by atoms with Gasteiger partial charge in [0.05, 0.1) is 23.4 Å². The minimum atomic E-state index is -0.207. The van der Waals surface area contributed by atoms with Gasteiger partial charge >= 0.3 is 6.03 Å². The van der Waals surface area contributed by atoms with Crippen molar-refractivity contribution in [3.63, 3.8) is 0 Å². The second kappa shape index (κ2) is 13.1. The van der Waals surface area contributed by atoms with Gasteiger partial charge in [-0.15, -0.1) is 0 Å². The summed E-state index contributed by atoms with van der Waals surface area (Å²) in [5.74, 6) is 0.628. The SMILES string of the molecule is COc1cc(N)c(Cl)cc1C(=O)NC[C@@H]1CCN(CCCCCNC(=O)Nc2ccccc2)C1. The zero-order valence-electron chi connectivity index (χ0n) is 19.6. The maximum Gasteiger partial charge on any atom is 0.319 e. The molecule has 8 nitrogen and oxygen atoms in total. The molecule has 34 heavy (non-hydrogen) atoms. The fraction of sp³-hybridized carbons (Fsp3) is 0.440. The number of urea groups is 1. The Labute approximate surface area is 206 Å². The number of nitrogen functional groups attached to an aromatic ring is 1. The number of anilines is 2. The Hall–Kier alpha value is -2.97. The smallest absolute Gasteiger partial charge is 0.319 e. The number of methoxy groups -OCH3 is 1. The fourth-order valence-electron chi connectivity index (χ4n) is 4.07. The highest BCUT2D eigenvalue weighted by Gasteiger charge is 2.23. The van der Waals surface area contributed by atoms with E-state index in [1.807, 2.05) is 30.3 Å². The molecule has 0 unspecified atom stereocenters. The number of nitrogens with zero attached hydrogens (tertiary/aromatic N) is 1.